The van der Waals surface area contributed by atoms with Crippen LogP contribution in [0.1, 0.15) is 63.5 Å². The van der Waals surface area contributed by atoms with Crippen LogP contribution >= 0.6 is 7.26 Å². The molecule has 0 aromatic heterocycles. The summed E-state index contributed by atoms with van der Waals surface area (Å²) in [7, 11) is -0.999. The molecule has 0 aliphatic heterocycles. The Morgan fingerprint density at radius 2 is 0.960 bits per heavy atom. The molecule has 25 heavy (non-hydrogen) atoms. The van der Waals surface area contributed by atoms with Crippen molar-refractivity contribution in [2.45, 2.75) is 64.7 Å². The minimum atomic E-state index is -0.999. The first-order valence-electron chi connectivity index (χ1n) is 10.2. The molecule has 0 aliphatic rings. The summed E-state index contributed by atoms with van der Waals surface area (Å²) in [4.78, 5) is 0. The summed E-state index contributed by atoms with van der Waals surface area (Å²) < 4.78 is 0. The van der Waals surface area contributed by atoms with Crippen LogP contribution in [0.3, 0.4) is 0 Å². The van der Waals surface area contributed by atoms with Gasteiger partial charge in [-0.05, 0) is 24.0 Å². The monoisotopic (exact) mass is 355 g/mol. The van der Waals surface area contributed by atoms with Gasteiger partial charge in [-0.15, -0.1) is 0 Å². The molecule has 0 heterocycles. The lowest BCUT2D eigenvalue weighted by molar-refractivity contribution is 0.754. The summed E-state index contributed by atoms with van der Waals surface area (Å²) in [5.74, 6) is 0. The normalized spacial score (nSPS) is 11.6. The van der Waals surface area contributed by atoms with E-state index in [1.165, 1.54) is 63.2 Å². The molecule has 0 amide bonds. The van der Waals surface area contributed by atoms with Gasteiger partial charge in [0.15, 0.2) is 0 Å². The molecule has 0 atom stereocenters. The third-order valence-corrected chi connectivity index (χ3v) is 9.80. The van der Waals surface area contributed by atoms with E-state index in [9.17, 15) is 0 Å². The fourth-order valence-corrected chi connectivity index (χ4v) is 8.55. The quantitative estimate of drug-likeness (QED) is 0.269. The second-order valence-electron chi connectivity index (χ2n) is 7.49. The van der Waals surface area contributed by atoms with Gasteiger partial charge in [0.05, 0.1) is 24.6 Å². The Balaban J connectivity index is 2.22. The molecule has 0 saturated carbocycles. The van der Waals surface area contributed by atoms with Gasteiger partial charge in [-0.1, -0.05) is 100 Å². The van der Waals surface area contributed by atoms with Gasteiger partial charge < -0.3 is 0 Å². The maximum Gasteiger partial charge on any atom is 0.0846 e. The molecule has 1 heteroatoms. The van der Waals surface area contributed by atoms with Gasteiger partial charge >= 0.3 is 0 Å². The van der Waals surface area contributed by atoms with Crippen LogP contribution in [-0.2, 0) is 12.3 Å². The van der Waals surface area contributed by atoms with Crippen molar-refractivity contribution in [3.63, 3.8) is 0 Å². The molecule has 2 rings (SSSR count). The Morgan fingerprint density at radius 1 is 0.560 bits per heavy atom. The van der Waals surface area contributed by atoms with Crippen LogP contribution < -0.4 is 0 Å². The number of rotatable bonds is 12. The molecule has 0 N–H and O–H groups in total. The van der Waals surface area contributed by atoms with E-state index in [1.807, 2.05) is 0 Å². The van der Waals surface area contributed by atoms with Gasteiger partial charge in [-0.25, -0.2) is 0 Å². The lowest BCUT2D eigenvalue weighted by atomic mass is 10.2. The van der Waals surface area contributed by atoms with Crippen LogP contribution in [0.2, 0.25) is 0 Å². The Morgan fingerprint density at radius 3 is 1.32 bits per heavy atom. The van der Waals surface area contributed by atoms with E-state index in [4.69, 9.17) is 0 Å². The van der Waals surface area contributed by atoms with Crippen molar-refractivity contribution in [2.24, 2.45) is 0 Å². The average Bonchev–Trinajstić information content (AvgIpc) is 2.64. The van der Waals surface area contributed by atoms with E-state index in [0.29, 0.717) is 0 Å². The molecular formula is C24H36P+. The molecule has 0 unspecified atom stereocenters. The summed E-state index contributed by atoms with van der Waals surface area (Å²) in [6.07, 6.45) is 13.8. The van der Waals surface area contributed by atoms with Crippen molar-refractivity contribution in [3.05, 3.63) is 71.8 Å². The van der Waals surface area contributed by atoms with Crippen molar-refractivity contribution in [1.29, 1.82) is 0 Å². The van der Waals surface area contributed by atoms with Crippen molar-refractivity contribution in [1.82, 2.24) is 0 Å². The molecule has 0 bridgehead atoms. The van der Waals surface area contributed by atoms with Crippen molar-refractivity contribution >= 4 is 7.26 Å². The highest BCUT2D eigenvalue weighted by molar-refractivity contribution is 7.74. The molecule has 0 saturated heterocycles. The lowest BCUT2D eigenvalue weighted by Crippen LogP contribution is -2.10. The van der Waals surface area contributed by atoms with Gasteiger partial charge in [-0.2, -0.15) is 0 Å². The van der Waals surface area contributed by atoms with E-state index < -0.39 is 7.26 Å². The van der Waals surface area contributed by atoms with E-state index in [-0.39, 0.29) is 0 Å². The predicted octanol–water partition coefficient (Wildman–Crippen LogP) is 7.78. The maximum atomic E-state index is 2.35. The fourth-order valence-electron chi connectivity index (χ4n) is 3.82. The van der Waals surface area contributed by atoms with Gasteiger partial charge in [0, 0.05) is 7.26 Å². The van der Waals surface area contributed by atoms with E-state index in [1.54, 1.807) is 11.1 Å². The molecule has 0 nitrogen and oxygen atoms in total. The second kappa shape index (κ2) is 11.5. The van der Waals surface area contributed by atoms with Crippen LogP contribution in [0.5, 0.6) is 0 Å². The molecule has 0 radical (unpaired) electrons. The van der Waals surface area contributed by atoms with E-state index in [2.05, 4.69) is 74.5 Å². The standard InChI is InChI=1S/C24H36P/c1-3-5-13-19-25(20-14-6-4-2,21-23-15-9-7-10-16-23)22-24-17-11-8-12-18-24/h7-12,15-18H,3-6,13-14,19-22H2,1-2H3/q+1. The Labute approximate surface area is 156 Å². The summed E-state index contributed by atoms with van der Waals surface area (Å²) in [5, 5.41) is 0. The largest absolute Gasteiger partial charge is 0.0846 e. The minimum absolute atomic E-state index is 0.999. The molecule has 0 aliphatic carbocycles. The Hall–Kier alpha value is -1.13. The van der Waals surface area contributed by atoms with E-state index in [0.717, 1.165) is 0 Å². The zero-order valence-electron chi connectivity index (χ0n) is 16.3. The highest BCUT2D eigenvalue weighted by atomic mass is 31.2. The summed E-state index contributed by atoms with van der Waals surface area (Å²) in [6, 6.07) is 22.5. The first kappa shape index (κ1) is 20.2. The molecule has 2 aromatic rings. The summed E-state index contributed by atoms with van der Waals surface area (Å²) in [5.41, 5.74) is 3.11. The highest BCUT2D eigenvalue weighted by Gasteiger charge is 2.36. The number of hydrogen-bond acceptors (Lipinski definition) is 0. The Kier molecular flexibility index (Phi) is 9.27. The third kappa shape index (κ3) is 7.33. The van der Waals surface area contributed by atoms with E-state index >= 15 is 0 Å². The van der Waals surface area contributed by atoms with Crippen LogP contribution in [0.4, 0.5) is 0 Å². The summed E-state index contributed by atoms with van der Waals surface area (Å²) >= 11 is 0. The van der Waals surface area contributed by atoms with Gasteiger partial charge in [0.1, 0.15) is 0 Å². The van der Waals surface area contributed by atoms with Gasteiger partial charge in [0.25, 0.3) is 0 Å². The topological polar surface area (TPSA) is 0 Å². The van der Waals surface area contributed by atoms with Crippen molar-refractivity contribution in [3.8, 4) is 0 Å². The maximum absolute atomic E-state index is 2.35. The molecular weight excluding hydrogens is 319 g/mol. The first-order chi connectivity index (χ1) is 12.3. The smallest absolute Gasteiger partial charge is 0.0654 e. The van der Waals surface area contributed by atoms with Gasteiger partial charge in [0.2, 0.25) is 0 Å². The minimum Gasteiger partial charge on any atom is -0.0654 e. The van der Waals surface area contributed by atoms with Crippen LogP contribution in [0, 0.1) is 0 Å². The zero-order valence-corrected chi connectivity index (χ0v) is 17.2. The third-order valence-electron chi connectivity index (χ3n) is 5.19. The zero-order chi connectivity index (χ0) is 17.8. The first-order valence-corrected chi connectivity index (χ1v) is 12.7. The Bertz CT molecular complexity index is 508. The molecule has 2 aromatic carbocycles. The number of hydrogen-bond donors (Lipinski definition) is 0. The molecule has 0 spiro atoms. The molecule has 0 fully saturated rings. The highest BCUT2D eigenvalue weighted by Crippen LogP contribution is 2.65. The van der Waals surface area contributed by atoms with Crippen LogP contribution in [0.15, 0.2) is 60.7 Å². The molecule has 136 valence electrons. The predicted molar refractivity (Wildman–Crippen MR) is 116 cm³/mol. The SMILES string of the molecule is CCCCC[P+](CCCCC)(Cc1ccccc1)Cc1ccccc1. The van der Waals surface area contributed by atoms with Crippen molar-refractivity contribution < 1.29 is 0 Å². The lowest BCUT2D eigenvalue weighted by Gasteiger charge is -2.28. The summed E-state index contributed by atoms with van der Waals surface area (Å²) in [6.45, 7) is 4.65. The van der Waals surface area contributed by atoms with Crippen molar-refractivity contribution in [2.75, 3.05) is 12.3 Å². The second-order valence-corrected chi connectivity index (χ2v) is 11.7. The average molecular weight is 356 g/mol. The van der Waals surface area contributed by atoms with Gasteiger partial charge in [-0.3, -0.25) is 0 Å². The fraction of sp³-hybridized carbons (Fsp3) is 0.500. The van der Waals surface area contributed by atoms with Crippen LogP contribution in [-0.4, -0.2) is 12.3 Å². The number of benzene rings is 2. The van der Waals surface area contributed by atoms with Crippen LogP contribution in [0.25, 0.3) is 0 Å². The number of unbranched alkanes of at least 4 members (excludes halogenated alkanes) is 4.